The molecule has 0 aromatic heterocycles. The van der Waals surface area contributed by atoms with E-state index < -0.39 is 17.2 Å². The molecule has 6 heteroatoms. The molecule has 0 aliphatic heterocycles. The molecule has 0 atom stereocenters. The molecule has 0 amide bonds. The standard InChI is InChI=1S/C4H3ClF4O/c1-10-2(3(5)6)4(7,8)9/h1H3/b3-2+. The molecule has 0 saturated heterocycles. The zero-order valence-electron chi connectivity index (χ0n) is 4.80. The molecule has 0 aliphatic rings. The van der Waals surface area contributed by atoms with Crippen molar-refractivity contribution in [2.24, 2.45) is 0 Å². The van der Waals surface area contributed by atoms with Crippen molar-refractivity contribution in [3.05, 3.63) is 11.0 Å². The molecule has 0 bridgehead atoms. The summed E-state index contributed by atoms with van der Waals surface area (Å²) in [5.41, 5.74) is 0. The van der Waals surface area contributed by atoms with Gasteiger partial charge in [0.05, 0.1) is 7.11 Å². The Hall–Kier alpha value is -0.450. The number of hydrogen-bond acceptors (Lipinski definition) is 1. The molecule has 10 heavy (non-hydrogen) atoms. The van der Waals surface area contributed by atoms with Crippen molar-refractivity contribution in [2.75, 3.05) is 7.11 Å². The first-order valence-electron chi connectivity index (χ1n) is 2.06. The number of alkyl halides is 3. The van der Waals surface area contributed by atoms with E-state index in [-0.39, 0.29) is 0 Å². The van der Waals surface area contributed by atoms with Crippen molar-refractivity contribution in [1.29, 1.82) is 0 Å². The second-order valence-electron chi connectivity index (χ2n) is 1.29. The fraction of sp³-hybridized carbons (Fsp3) is 0.500. The third kappa shape index (κ3) is 2.43. The minimum Gasteiger partial charge on any atom is -0.490 e. The minimum atomic E-state index is -4.86. The van der Waals surface area contributed by atoms with Crippen LogP contribution in [0.25, 0.3) is 0 Å². The number of methoxy groups -OCH3 is 1. The Labute approximate surface area is 59.2 Å². The van der Waals surface area contributed by atoms with Gasteiger partial charge in [-0.25, -0.2) is 0 Å². The van der Waals surface area contributed by atoms with Crippen molar-refractivity contribution >= 4 is 11.6 Å². The topological polar surface area (TPSA) is 9.23 Å². The van der Waals surface area contributed by atoms with Gasteiger partial charge in [0.2, 0.25) is 11.0 Å². The molecule has 0 aromatic carbocycles. The molecule has 0 aromatic rings. The highest BCUT2D eigenvalue weighted by Gasteiger charge is 2.38. The normalized spacial score (nSPS) is 14.6. The monoisotopic (exact) mass is 178 g/mol. The van der Waals surface area contributed by atoms with Crippen LogP contribution in [0.5, 0.6) is 0 Å². The first-order chi connectivity index (χ1) is 4.39. The number of hydrogen-bond donors (Lipinski definition) is 0. The maximum absolute atomic E-state index is 11.7. The Bertz CT molecular complexity index is 146. The van der Waals surface area contributed by atoms with Crippen LogP contribution in [0, 0.1) is 0 Å². The average Bonchev–Trinajstić information content (AvgIpc) is 1.60. The summed E-state index contributed by atoms with van der Waals surface area (Å²) in [6, 6.07) is 0. The van der Waals surface area contributed by atoms with E-state index in [0.717, 1.165) is 0 Å². The van der Waals surface area contributed by atoms with Crippen molar-refractivity contribution in [3.8, 4) is 0 Å². The molecule has 60 valence electrons. The van der Waals surface area contributed by atoms with Gasteiger partial charge in [0.1, 0.15) is 0 Å². The van der Waals surface area contributed by atoms with Crippen LogP contribution in [-0.4, -0.2) is 13.3 Å². The summed E-state index contributed by atoms with van der Waals surface area (Å²) in [7, 11) is 0.685. The molecule has 0 fully saturated rings. The predicted molar refractivity (Wildman–Crippen MR) is 27.1 cm³/mol. The molecule has 0 unspecified atom stereocenters. The molecule has 0 aliphatic carbocycles. The maximum Gasteiger partial charge on any atom is 0.453 e. The van der Waals surface area contributed by atoms with E-state index in [0.29, 0.717) is 7.11 Å². The Morgan fingerprint density at radius 1 is 1.40 bits per heavy atom. The Morgan fingerprint density at radius 2 is 1.80 bits per heavy atom. The van der Waals surface area contributed by atoms with E-state index in [9.17, 15) is 17.6 Å². The number of rotatable bonds is 1. The summed E-state index contributed by atoms with van der Waals surface area (Å²) in [5.74, 6) is -1.81. The predicted octanol–water partition coefficient (Wildman–Crippen LogP) is 2.57. The molecular weight excluding hydrogens is 175 g/mol. The summed E-state index contributed by atoms with van der Waals surface area (Å²) < 4.78 is 49.7. The Kier molecular flexibility index (Phi) is 2.96. The molecular formula is C4H3ClF4O. The number of halogens is 5. The third-order valence-corrected chi connectivity index (χ3v) is 0.805. The van der Waals surface area contributed by atoms with Gasteiger partial charge in [-0.3, -0.25) is 0 Å². The van der Waals surface area contributed by atoms with Gasteiger partial charge >= 0.3 is 6.18 Å². The van der Waals surface area contributed by atoms with Crippen LogP contribution in [-0.2, 0) is 4.74 Å². The average molecular weight is 179 g/mol. The zero-order valence-corrected chi connectivity index (χ0v) is 5.55. The van der Waals surface area contributed by atoms with Gasteiger partial charge in [-0.2, -0.15) is 17.6 Å². The highest BCUT2D eigenvalue weighted by atomic mass is 35.5. The smallest absolute Gasteiger partial charge is 0.453 e. The van der Waals surface area contributed by atoms with Gasteiger partial charge in [0.25, 0.3) is 0 Å². The van der Waals surface area contributed by atoms with Crippen molar-refractivity contribution in [1.82, 2.24) is 0 Å². The molecule has 0 spiro atoms. The van der Waals surface area contributed by atoms with Gasteiger partial charge in [-0.15, -0.1) is 0 Å². The molecule has 0 rings (SSSR count). The molecule has 0 N–H and O–H groups in total. The van der Waals surface area contributed by atoms with E-state index in [1.807, 2.05) is 0 Å². The number of allylic oxidation sites excluding steroid dienone is 1. The van der Waals surface area contributed by atoms with Gasteiger partial charge in [-0.1, -0.05) is 0 Å². The summed E-state index contributed by atoms with van der Waals surface area (Å²) in [6.45, 7) is 0. The van der Waals surface area contributed by atoms with Crippen LogP contribution < -0.4 is 0 Å². The van der Waals surface area contributed by atoms with Crippen LogP contribution in [0.1, 0.15) is 0 Å². The third-order valence-electron chi connectivity index (χ3n) is 0.633. The summed E-state index contributed by atoms with van der Waals surface area (Å²) >= 11 is 4.40. The SMILES string of the molecule is CO/C(=C(/F)Cl)C(F)(F)F. The molecule has 0 saturated carbocycles. The van der Waals surface area contributed by atoms with Crippen LogP contribution >= 0.6 is 11.6 Å². The van der Waals surface area contributed by atoms with Crippen LogP contribution in [0.2, 0.25) is 0 Å². The second-order valence-corrected chi connectivity index (χ2v) is 1.62. The molecule has 1 nitrogen and oxygen atoms in total. The Balaban J connectivity index is 4.55. The minimum absolute atomic E-state index is 0.685. The zero-order chi connectivity index (χ0) is 8.36. The van der Waals surface area contributed by atoms with Crippen LogP contribution in [0.4, 0.5) is 17.6 Å². The van der Waals surface area contributed by atoms with E-state index in [4.69, 9.17) is 0 Å². The quantitative estimate of drug-likeness (QED) is 0.443. The first kappa shape index (κ1) is 9.55. The number of ether oxygens (including phenoxy) is 1. The summed E-state index contributed by atoms with van der Waals surface area (Å²) in [6.07, 6.45) is -4.86. The van der Waals surface area contributed by atoms with E-state index in [1.54, 1.807) is 0 Å². The van der Waals surface area contributed by atoms with Gasteiger partial charge in [-0.05, 0) is 11.6 Å². The largest absolute Gasteiger partial charge is 0.490 e. The highest BCUT2D eigenvalue weighted by Crippen LogP contribution is 2.30. The first-order valence-corrected chi connectivity index (χ1v) is 2.44. The van der Waals surface area contributed by atoms with Crippen LogP contribution in [0.15, 0.2) is 11.0 Å². The van der Waals surface area contributed by atoms with E-state index in [1.165, 1.54) is 0 Å². The van der Waals surface area contributed by atoms with Gasteiger partial charge < -0.3 is 4.74 Å². The lowest BCUT2D eigenvalue weighted by molar-refractivity contribution is -0.127. The molecule has 0 heterocycles. The van der Waals surface area contributed by atoms with Gasteiger partial charge in [0.15, 0.2) is 0 Å². The lowest BCUT2D eigenvalue weighted by Gasteiger charge is -2.07. The Morgan fingerprint density at radius 3 is 1.80 bits per heavy atom. The fourth-order valence-corrected chi connectivity index (χ4v) is 0.484. The lowest BCUT2D eigenvalue weighted by atomic mass is 10.5. The van der Waals surface area contributed by atoms with Crippen molar-refractivity contribution < 1.29 is 22.3 Å². The van der Waals surface area contributed by atoms with Gasteiger partial charge in [0, 0.05) is 0 Å². The van der Waals surface area contributed by atoms with E-state index in [2.05, 4.69) is 16.3 Å². The van der Waals surface area contributed by atoms with E-state index >= 15 is 0 Å². The summed E-state index contributed by atoms with van der Waals surface area (Å²) in [4.78, 5) is 0. The maximum atomic E-state index is 11.7. The van der Waals surface area contributed by atoms with Crippen molar-refractivity contribution in [2.45, 2.75) is 6.18 Å². The van der Waals surface area contributed by atoms with Crippen molar-refractivity contribution in [3.63, 3.8) is 0 Å². The second kappa shape index (κ2) is 3.09. The lowest BCUT2D eigenvalue weighted by Crippen LogP contribution is -2.13. The summed E-state index contributed by atoms with van der Waals surface area (Å²) in [5, 5.41) is -1.89. The highest BCUT2D eigenvalue weighted by molar-refractivity contribution is 6.28. The molecule has 0 radical (unpaired) electrons. The fourth-order valence-electron chi connectivity index (χ4n) is 0.300. The van der Waals surface area contributed by atoms with Crippen LogP contribution in [0.3, 0.4) is 0 Å².